The van der Waals surface area contributed by atoms with Gasteiger partial charge in [0.1, 0.15) is 0 Å². The van der Waals surface area contributed by atoms with Crippen LogP contribution in [0.15, 0.2) is 24.3 Å². The van der Waals surface area contributed by atoms with Gasteiger partial charge in [0.25, 0.3) is 0 Å². The molecule has 0 saturated heterocycles. The van der Waals surface area contributed by atoms with Gasteiger partial charge in [-0.25, -0.2) is 0 Å². The van der Waals surface area contributed by atoms with E-state index in [0.717, 1.165) is 24.0 Å². The minimum Gasteiger partial charge on any atom is -0.395 e. The van der Waals surface area contributed by atoms with Gasteiger partial charge >= 0.3 is 0 Å². The molecule has 0 aromatic heterocycles. The molecule has 1 aliphatic carbocycles. The largest absolute Gasteiger partial charge is 0.395 e. The zero-order valence-corrected chi connectivity index (χ0v) is 8.29. The Morgan fingerprint density at radius 2 is 2.07 bits per heavy atom. The van der Waals surface area contributed by atoms with Crippen LogP contribution in [0.3, 0.4) is 0 Å². The van der Waals surface area contributed by atoms with Crippen LogP contribution in [-0.2, 0) is 5.41 Å². The van der Waals surface area contributed by atoms with E-state index in [9.17, 15) is 9.90 Å². The van der Waals surface area contributed by atoms with Crippen LogP contribution in [0.2, 0.25) is 0 Å². The number of benzene rings is 1. The Morgan fingerprint density at radius 1 is 1.43 bits per heavy atom. The number of ketones is 1. The first-order chi connectivity index (χ1) is 6.69. The number of Topliss-reactive ketones (excluding diaryl/α,β-unsaturated/α-hetero) is 1. The zero-order chi connectivity index (χ0) is 10.2. The maximum Gasteiger partial charge on any atom is 0.160 e. The highest BCUT2D eigenvalue weighted by Gasteiger charge is 2.45. The Bertz CT molecular complexity index is 364. The van der Waals surface area contributed by atoms with Gasteiger partial charge in [-0.3, -0.25) is 4.79 Å². The monoisotopic (exact) mass is 190 g/mol. The van der Waals surface area contributed by atoms with Crippen molar-refractivity contribution in [2.75, 3.05) is 6.61 Å². The summed E-state index contributed by atoms with van der Waals surface area (Å²) in [4.78, 5) is 11.4. The summed E-state index contributed by atoms with van der Waals surface area (Å²) < 4.78 is 0. The topological polar surface area (TPSA) is 37.3 Å². The molecule has 2 heteroatoms. The van der Waals surface area contributed by atoms with Crippen molar-refractivity contribution in [3.63, 3.8) is 0 Å². The number of hydrogen-bond donors (Lipinski definition) is 1. The van der Waals surface area contributed by atoms with Gasteiger partial charge in [-0.2, -0.15) is 0 Å². The van der Waals surface area contributed by atoms with Crippen LogP contribution in [0, 0.1) is 0 Å². The second-order valence-electron chi connectivity index (χ2n) is 4.04. The maximum absolute atomic E-state index is 11.4. The zero-order valence-electron chi connectivity index (χ0n) is 8.29. The highest BCUT2D eigenvalue weighted by Crippen LogP contribution is 2.48. The molecular formula is C12H14O2. The molecule has 0 radical (unpaired) electrons. The third kappa shape index (κ3) is 1.36. The molecule has 0 heterocycles. The van der Waals surface area contributed by atoms with Crippen LogP contribution in [0.1, 0.15) is 35.7 Å². The first-order valence-corrected chi connectivity index (χ1v) is 4.91. The predicted octanol–water partition coefficient (Wildman–Crippen LogP) is 1.91. The van der Waals surface area contributed by atoms with E-state index in [0.29, 0.717) is 0 Å². The molecule has 1 N–H and O–H groups in total. The van der Waals surface area contributed by atoms with E-state index in [2.05, 4.69) is 0 Å². The minimum atomic E-state index is -0.109. The van der Waals surface area contributed by atoms with Gasteiger partial charge in [-0.1, -0.05) is 24.3 Å². The SMILES string of the molecule is CC(=O)c1ccccc1C1(CO)CC1. The lowest BCUT2D eigenvalue weighted by Gasteiger charge is -2.15. The van der Waals surface area contributed by atoms with Crippen molar-refractivity contribution in [3.05, 3.63) is 35.4 Å². The fraction of sp³-hybridized carbons (Fsp3) is 0.417. The van der Waals surface area contributed by atoms with E-state index in [4.69, 9.17) is 0 Å². The molecular weight excluding hydrogens is 176 g/mol. The van der Waals surface area contributed by atoms with E-state index in [1.807, 2.05) is 24.3 Å². The number of rotatable bonds is 3. The molecule has 0 atom stereocenters. The first-order valence-electron chi connectivity index (χ1n) is 4.91. The lowest BCUT2D eigenvalue weighted by molar-refractivity contribution is 0.101. The fourth-order valence-corrected chi connectivity index (χ4v) is 1.92. The molecule has 0 unspecified atom stereocenters. The first kappa shape index (κ1) is 9.41. The van der Waals surface area contributed by atoms with Crippen molar-refractivity contribution in [1.29, 1.82) is 0 Å². The second-order valence-corrected chi connectivity index (χ2v) is 4.04. The number of hydrogen-bond acceptors (Lipinski definition) is 2. The summed E-state index contributed by atoms with van der Waals surface area (Å²) >= 11 is 0. The highest BCUT2D eigenvalue weighted by atomic mass is 16.3. The maximum atomic E-state index is 11.4. The molecule has 74 valence electrons. The Kier molecular flexibility index (Phi) is 2.16. The van der Waals surface area contributed by atoms with Gasteiger partial charge in [-0.15, -0.1) is 0 Å². The standard InChI is InChI=1S/C12H14O2/c1-9(14)10-4-2-3-5-11(10)12(8-13)6-7-12/h2-5,13H,6-8H2,1H3. The van der Waals surface area contributed by atoms with E-state index in [1.54, 1.807) is 6.92 Å². The smallest absolute Gasteiger partial charge is 0.160 e. The van der Waals surface area contributed by atoms with Crippen molar-refractivity contribution in [2.24, 2.45) is 0 Å². The Hall–Kier alpha value is -1.15. The van der Waals surface area contributed by atoms with E-state index < -0.39 is 0 Å². The fourth-order valence-electron chi connectivity index (χ4n) is 1.92. The molecule has 0 amide bonds. The van der Waals surface area contributed by atoms with Gasteiger partial charge in [0.15, 0.2) is 5.78 Å². The third-order valence-corrected chi connectivity index (χ3v) is 3.03. The third-order valence-electron chi connectivity index (χ3n) is 3.03. The van der Waals surface area contributed by atoms with Crippen LogP contribution >= 0.6 is 0 Å². The van der Waals surface area contributed by atoms with Crippen molar-refractivity contribution in [2.45, 2.75) is 25.2 Å². The second kappa shape index (κ2) is 3.21. The van der Waals surface area contributed by atoms with Gasteiger partial charge in [0.2, 0.25) is 0 Å². The molecule has 2 nitrogen and oxygen atoms in total. The van der Waals surface area contributed by atoms with Crippen LogP contribution in [0.5, 0.6) is 0 Å². The average molecular weight is 190 g/mol. The Morgan fingerprint density at radius 3 is 2.57 bits per heavy atom. The molecule has 1 aliphatic rings. The van der Waals surface area contributed by atoms with Gasteiger partial charge in [-0.05, 0) is 25.3 Å². The molecule has 0 aliphatic heterocycles. The molecule has 0 spiro atoms. The van der Waals surface area contributed by atoms with Gasteiger partial charge in [0.05, 0.1) is 6.61 Å². The molecule has 1 aromatic rings. The Balaban J connectivity index is 2.47. The van der Waals surface area contributed by atoms with Crippen molar-refractivity contribution < 1.29 is 9.90 Å². The molecule has 1 aromatic carbocycles. The van der Waals surface area contributed by atoms with E-state index >= 15 is 0 Å². The molecule has 1 fully saturated rings. The summed E-state index contributed by atoms with van der Waals surface area (Å²) in [5.41, 5.74) is 1.68. The van der Waals surface area contributed by atoms with Crippen LogP contribution in [0.4, 0.5) is 0 Å². The van der Waals surface area contributed by atoms with Crippen molar-refractivity contribution in [1.82, 2.24) is 0 Å². The molecule has 0 bridgehead atoms. The van der Waals surface area contributed by atoms with Gasteiger partial charge in [0, 0.05) is 11.0 Å². The molecule has 1 saturated carbocycles. The van der Waals surface area contributed by atoms with Crippen LogP contribution < -0.4 is 0 Å². The van der Waals surface area contributed by atoms with E-state index in [-0.39, 0.29) is 17.8 Å². The lowest BCUT2D eigenvalue weighted by Crippen LogP contribution is -2.15. The van der Waals surface area contributed by atoms with Crippen LogP contribution in [0.25, 0.3) is 0 Å². The molecule has 14 heavy (non-hydrogen) atoms. The summed E-state index contributed by atoms with van der Waals surface area (Å²) in [5, 5.41) is 9.30. The van der Waals surface area contributed by atoms with Crippen molar-refractivity contribution >= 4 is 5.78 Å². The summed E-state index contributed by atoms with van der Waals surface area (Å²) in [6.07, 6.45) is 1.99. The van der Waals surface area contributed by atoms with Gasteiger partial charge < -0.3 is 5.11 Å². The average Bonchev–Trinajstić information content (AvgIpc) is 2.98. The summed E-state index contributed by atoms with van der Waals surface area (Å²) in [6.45, 7) is 1.73. The van der Waals surface area contributed by atoms with Crippen molar-refractivity contribution in [3.8, 4) is 0 Å². The van der Waals surface area contributed by atoms with E-state index in [1.165, 1.54) is 0 Å². The Labute approximate surface area is 83.6 Å². The summed E-state index contributed by atoms with van der Waals surface area (Å²) in [6, 6.07) is 7.60. The normalized spacial score (nSPS) is 17.9. The number of carbonyl (C=O) groups is 1. The number of aliphatic hydroxyl groups excluding tert-OH is 1. The summed E-state index contributed by atoms with van der Waals surface area (Å²) in [5.74, 6) is 0.0836. The summed E-state index contributed by atoms with van der Waals surface area (Å²) in [7, 11) is 0. The quantitative estimate of drug-likeness (QED) is 0.739. The minimum absolute atomic E-state index is 0.0836. The molecule has 2 rings (SSSR count). The number of carbonyl (C=O) groups excluding carboxylic acids is 1. The van der Waals surface area contributed by atoms with Crippen LogP contribution in [-0.4, -0.2) is 17.5 Å². The predicted molar refractivity (Wildman–Crippen MR) is 54.4 cm³/mol. The lowest BCUT2D eigenvalue weighted by atomic mass is 9.90. The number of aliphatic hydroxyl groups is 1. The highest BCUT2D eigenvalue weighted by molar-refractivity contribution is 5.96.